The number of allylic oxidation sites excluding steroid dienone is 19. The lowest BCUT2D eigenvalue weighted by molar-refractivity contribution is -0.870. The lowest BCUT2D eigenvalue weighted by Gasteiger charge is -2.25. The summed E-state index contributed by atoms with van der Waals surface area (Å²) in [5, 5.41) is 13.5. The molecule has 0 saturated carbocycles. The van der Waals surface area contributed by atoms with Crippen LogP contribution in [0.2, 0.25) is 0 Å². The molecule has 0 aromatic carbocycles. The number of carbonyl (C=O) groups excluding carboxylic acids is 1. The van der Waals surface area contributed by atoms with E-state index in [0.29, 0.717) is 17.4 Å². The van der Waals surface area contributed by atoms with Crippen molar-refractivity contribution >= 4 is 13.7 Å². The maximum Gasteiger partial charge on any atom is 0.472 e. The van der Waals surface area contributed by atoms with Gasteiger partial charge in [-0.3, -0.25) is 13.8 Å². The fourth-order valence-corrected chi connectivity index (χ4v) is 7.36. The van der Waals surface area contributed by atoms with Crippen LogP contribution < -0.4 is 5.32 Å². The van der Waals surface area contributed by atoms with Gasteiger partial charge in [-0.15, -0.1) is 0 Å². The summed E-state index contributed by atoms with van der Waals surface area (Å²) in [6.45, 7) is 4.46. The molecule has 0 aliphatic carbocycles. The van der Waals surface area contributed by atoms with Gasteiger partial charge in [0.1, 0.15) is 13.2 Å². The Morgan fingerprint density at radius 2 is 0.909 bits per heavy atom. The Labute approximate surface area is 405 Å². The molecular weight excluding hydrogens is 840 g/mol. The molecule has 66 heavy (non-hydrogen) atoms. The first-order valence-electron chi connectivity index (χ1n) is 25.9. The van der Waals surface area contributed by atoms with Crippen molar-refractivity contribution in [3.8, 4) is 0 Å². The fourth-order valence-electron chi connectivity index (χ4n) is 6.63. The van der Waals surface area contributed by atoms with Crippen LogP contribution in [0.1, 0.15) is 181 Å². The number of amides is 1. The Hall–Kier alpha value is -3.10. The summed E-state index contributed by atoms with van der Waals surface area (Å²) >= 11 is 0. The highest BCUT2D eigenvalue weighted by Gasteiger charge is 2.27. The third-order valence-corrected chi connectivity index (χ3v) is 11.7. The molecule has 0 aromatic heterocycles. The van der Waals surface area contributed by atoms with Gasteiger partial charge in [0, 0.05) is 6.42 Å². The number of hydrogen-bond acceptors (Lipinski definition) is 5. The van der Waals surface area contributed by atoms with E-state index in [9.17, 15) is 19.4 Å². The van der Waals surface area contributed by atoms with Gasteiger partial charge in [0.05, 0.1) is 39.9 Å². The highest BCUT2D eigenvalue weighted by molar-refractivity contribution is 7.47. The van der Waals surface area contributed by atoms with Crippen LogP contribution in [-0.2, 0) is 18.4 Å². The Morgan fingerprint density at radius 1 is 0.530 bits per heavy atom. The van der Waals surface area contributed by atoms with Gasteiger partial charge >= 0.3 is 7.82 Å². The molecule has 0 spiro atoms. The first-order chi connectivity index (χ1) is 32.0. The summed E-state index contributed by atoms with van der Waals surface area (Å²) in [5.74, 6) is -0.196. The summed E-state index contributed by atoms with van der Waals surface area (Å²) in [6.07, 6.45) is 71.1. The van der Waals surface area contributed by atoms with Crippen molar-refractivity contribution in [2.75, 3.05) is 40.9 Å². The Kier molecular flexibility index (Phi) is 44.8. The van der Waals surface area contributed by atoms with E-state index >= 15 is 0 Å². The molecule has 0 bridgehead atoms. The lowest BCUT2D eigenvalue weighted by Crippen LogP contribution is -2.45. The van der Waals surface area contributed by atoms with Gasteiger partial charge in [0.25, 0.3) is 0 Å². The lowest BCUT2D eigenvalue weighted by atomic mass is 10.0. The average molecular weight is 938 g/mol. The smallest absolute Gasteiger partial charge is 0.387 e. The van der Waals surface area contributed by atoms with E-state index in [2.05, 4.69) is 122 Å². The molecule has 1 amide bonds. The predicted molar refractivity (Wildman–Crippen MR) is 285 cm³/mol. The van der Waals surface area contributed by atoms with Crippen LogP contribution in [0.25, 0.3) is 0 Å². The number of aliphatic hydroxyl groups excluding tert-OH is 1. The van der Waals surface area contributed by atoms with Crippen molar-refractivity contribution < 1.29 is 32.9 Å². The summed E-state index contributed by atoms with van der Waals surface area (Å²) in [7, 11) is 1.55. The van der Waals surface area contributed by atoms with Crippen LogP contribution in [0.4, 0.5) is 0 Å². The second kappa shape index (κ2) is 47.0. The molecule has 376 valence electrons. The number of nitrogens with zero attached hydrogens (tertiary/aromatic N) is 1. The normalized spacial score (nSPS) is 15.1. The molecule has 0 saturated heterocycles. The van der Waals surface area contributed by atoms with Crippen molar-refractivity contribution in [3.63, 3.8) is 0 Å². The van der Waals surface area contributed by atoms with E-state index in [0.717, 1.165) is 89.9 Å². The molecule has 0 fully saturated rings. The molecule has 3 atom stereocenters. The van der Waals surface area contributed by atoms with Crippen LogP contribution in [0.3, 0.4) is 0 Å². The molecule has 0 aliphatic rings. The van der Waals surface area contributed by atoms with E-state index in [-0.39, 0.29) is 19.1 Å². The average Bonchev–Trinajstić information content (AvgIpc) is 3.27. The summed E-state index contributed by atoms with van der Waals surface area (Å²) in [6, 6.07) is -0.848. The number of carbonyl (C=O) groups is 1. The van der Waals surface area contributed by atoms with Gasteiger partial charge in [0.15, 0.2) is 0 Å². The largest absolute Gasteiger partial charge is 0.472 e. The zero-order valence-corrected chi connectivity index (χ0v) is 43.5. The molecule has 9 heteroatoms. The van der Waals surface area contributed by atoms with Crippen LogP contribution in [0.5, 0.6) is 0 Å². The number of quaternary nitrogens is 1. The first-order valence-corrected chi connectivity index (χ1v) is 27.4. The minimum absolute atomic E-state index is 0.0548. The summed E-state index contributed by atoms with van der Waals surface area (Å²) in [5.41, 5.74) is 0. The highest BCUT2D eigenvalue weighted by Crippen LogP contribution is 2.43. The summed E-state index contributed by atoms with van der Waals surface area (Å²) < 4.78 is 23.3. The number of phosphoric acid groups is 1. The molecule has 0 radical (unpaired) electrons. The number of likely N-dealkylation sites (N-methyl/N-ethyl adjacent to an activating group) is 1. The molecule has 0 aliphatic heterocycles. The van der Waals surface area contributed by atoms with Gasteiger partial charge in [-0.25, -0.2) is 4.57 Å². The third kappa shape index (κ3) is 48.8. The van der Waals surface area contributed by atoms with E-state index < -0.39 is 20.0 Å². The molecule has 3 unspecified atom stereocenters. The Balaban J connectivity index is 3.79. The third-order valence-electron chi connectivity index (χ3n) is 10.7. The molecule has 8 nitrogen and oxygen atoms in total. The number of aliphatic hydroxyl groups is 1. The second-order valence-corrected chi connectivity index (χ2v) is 19.6. The minimum atomic E-state index is -4.32. The van der Waals surface area contributed by atoms with E-state index in [1.165, 1.54) is 70.6 Å². The second-order valence-electron chi connectivity index (χ2n) is 18.2. The first kappa shape index (κ1) is 62.9. The van der Waals surface area contributed by atoms with Crippen molar-refractivity contribution in [3.05, 3.63) is 122 Å². The molecule has 0 heterocycles. The van der Waals surface area contributed by atoms with Crippen LogP contribution >= 0.6 is 7.82 Å². The van der Waals surface area contributed by atoms with Crippen molar-refractivity contribution in [2.24, 2.45) is 0 Å². The van der Waals surface area contributed by atoms with Crippen LogP contribution in [-0.4, -0.2) is 73.4 Å². The van der Waals surface area contributed by atoms with Crippen LogP contribution in [0.15, 0.2) is 122 Å². The zero-order valence-electron chi connectivity index (χ0n) is 42.6. The maximum absolute atomic E-state index is 12.7. The molecule has 3 N–H and O–H groups in total. The quantitative estimate of drug-likeness (QED) is 0.0243. The number of rotatable bonds is 45. The van der Waals surface area contributed by atoms with Crippen molar-refractivity contribution in [2.45, 2.75) is 193 Å². The number of phosphoric ester groups is 1. The van der Waals surface area contributed by atoms with Crippen LogP contribution in [0, 0.1) is 0 Å². The fraction of sp³-hybridized carbons (Fsp3) is 0.632. The number of hydrogen-bond donors (Lipinski definition) is 3. The van der Waals surface area contributed by atoms with E-state index in [4.69, 9.17) is 9.05 Å². The topological polar surface area (TPSA) is 105 Å². The van der Waals surface area contributed by atoms with Gasteiger partial charge in [-0.2, -0.15) is 0 Å². The number of nitrogens with one attached hydrogen (secondary N) is 1. The van der Waals surface area contributed by atoms with Gasteiger partial charge in [-0.1, -0.05) is 212 Å². The molecular formula is C57H98N2O6P+. The van der Waals surface area contributed by atoms with E-state index in [1.807, 2.05) is 34.1 Å². The molecule has 0 aromatic rings. The standard InChI is InChI=1S/C57H97N2O6P/c1-6-8-10-11-12-13-14-15-16-17-18-19-20-21-22-23-24-25-26-27-28-29-30-31-32-33-34-35-36-37-38-39-40-41-42-43-44-45-46-47-49-51-57(61)58-55(56(60)50-48-9-7-2)54-65-66(62,63)64-53-52-59(3,4)5/h8,10,12-13,15-16,18-19,21-22,24-25,27-28,30-31,33-34,48,50,55-56,60H,6-7,9,11,14,17,20,23,26,29,32,35-47,49,51-54H2,1-5H3,(H-,58,61,62,63)/p+1/b10-8-,13-12-,16-15-,19-18-,22-21-,25-24-,28-27-,31-30-,34-33-,50-48+. The minimum Gasteiger partial charge on any atom is -0.387 e. The van der Waals surface area contributed by atoms with Gasteiger partial charge < -0.3 is 19.8 Å². The van der Waals surface area contributed by atoms with Crippen molar-refractivity contribution in [1.29, 1.82) is 0 Å². The Morgan fingerprint density at radius 3 is 1.30 bits per heavy atom. The highest BCUT2D eigenvalue weighted by atomic mass is 31.2. The van der Waals surface area contributed by atoms with Gasteiger partial charge in [-0.05, 0) is 83.5 Å². The maximum atomic E-state index is 12.7. The SMILES string of the molecule is CC/C=C\C/C=C\C/C=C\C/C=C\C/C=C\C/C=C\C/C=C\C/C=C\C/C=C\CCCCCCCCCCCCCCCC(=O)NC(COP(=O)(O)OCC[N+](C)(C)C)C(O)/C=C/CCC. The predicted octanol–water partition coefficient (Wildman–Crippen LogP) is 15.4. The summed E-state index contributed by atoms with van der Waals surface area (Å²) in [4.78, 5) is 22.8. The zero-order chi connectivity index (χ0) is 48.5. The van der Waals surface area contributed by atoms with Crippen molar-refractivity contribution in [1.82, 2.24) is 5.32 Å². The molecule has 0 rings (SSSR count). The monoisotopic (exact) mass is 938 g/mol. The number of unbranched alkanes of at least 4 members (excludes halogenated alkanes) is 14. The van der Waals surface area contributed by atoms with Gasteiger partial charge in [0.2, 0.25) is 5.91 Å². The Bertz CT molecular complexity index is 1480. The van der Waals surface area contributed by atoms with E-state index in [1.54, 1.807) is 6.08 Å².